The number of thiazole rings is 1. The molecule has 1 aliphatic heterocycles. The molecule has 1 aromatic heterocycles. The Morgan fingerprint density at radius 2 is 1.94 bits per heavy atom. The lowest BCUT2D eigenvalue weighted by molar-refractivity contribution is -0.153. The van der Waals surface area contributed by atoms with Gasteiger partial charge in [0.2, 0.25) is 0 Å². The van der Waals surface area contributed by atoms with Gasteiger partial charge >= 0.3 is 18.1 Å². The Balaban J connectivity index is 2.19. The van der Waals surface area contributed by atoms with Gasteiger partial charge in [-0.1, -0.05) is 12.1 Å². The molecule has 1 aliphatic rings. The zero-order valence-corrected chi connectivity index (χ0v) is 18.8. The van der Waals surface area contributed by atoms with Crippen LogP contribution in [0, 0.1) is 5.82 Å². The smallest absolute Gasteiger partial charge is 0.401 e. The van der Waals surface area contributed by atoms with E-state index in [2.05, 4.69) is 15.3 Å². The summed E-state index contributed by atoms with van der Waals surface area (Å²) in [5.74, 6) is -2.74. The molecule has 182 valence electrons. The van der Waals surface area contributed by atoms with Crippen LogP contribution in [-0.4, -0.2) is 65.7 Å². The predicted octanol–water partition coefficient (Wildman–Crippen LogP) is 2.92. The van der Waals surface area contributed by atoms with Crippen molar-refractivity contribution in [3.05, 3.63) is 63.5 Å². The number of benzene rings is 1. The second-order valence-electron chi connectivity index (χ2n) is 7.50. The number of methoxy groups -OCH3 is 1. The summed E-state index contributed by atoms with van der Waals surface area (Å²) in [6.07, 6.45) is -3.19. The zero-order valence-electron chi connectivity index (χ0n) is 18.0. The molecule has 34 heavy (non-hydrogen) atoms. The number of aliphatic carboxylic acids is 1. The molecule has 0 saturated heterocycles. The topological polar surface area (TPSA) is 104 Å². The Hall–Kier alpha value is -3.32. The van der Waals surface area contributed by atoms with E-state index in [1.165, 1.54) is 36.6 Å². The van der Waals surface area contributed by atoms with E-state index in [1.807, 2.05) is 0 Å². The monoisotopic (exact) mass is 500 g/mol. The number of carboxylic acid groups (broad SMARTS) is 1. The summed E-state index contributed by atoms with van der Waals surface area (Å²) in [6.45, 7) is -1.52. The maximum Gasteiger partial charge on any atom is 0.401 e. The highest BCUT2D eigenvalue weighted by Crippen LogP contribution is 2.39. The Morgan fingerprint density at radius 1 is 1.26 bits per heavy atom. The van der Waals surface area contributed by atoms with E-state index in [0.717, 1.165) is 19.2 Å². The molecule has 8 nitrogen and oxygen atoms in total. The predicted molar refractivity (Wildman–Crippen MR) is 115 cm³/mol. The molecule has 1 unspecified atom stereocenters. The summed E-state index contributed by atoms with van der Waals surface area (Å²) >= 11 is 1.19. The molecule has 1 aromatic carbocycles. The lowest BCUT2D eigenvalue weighted by atomic mass is 9.82. The molecule has 3 rings (SSSR count). The van der Waals surface area contributed by atoms with Crippen LogP contribution in [-0.2, 0) is 19.9 Å². The van der Waals surface area contributed by atoms with Gasteiger partial charge in [0.05, 0.1) is 25.8 Å². The fourth-order valence-electron chi connectivity index (χ4n) is 3.61. The van der Waals surface area contributed by atoms with Crippen molar-refractivity contribution in [2.75, 3.05) is 26.7 Å². The summed E-state index contributed by atoms with van der Waals surface area (Å²) in [5.41, 5.74) is -1.32. The number of alkyl halides is 3. The number of halogens is 4. The van der Waals surface area contributed by atoms with Crippen molar-refractivity contribution < 1.29 is 37.0 Å². The third-order valence-corrected chi connectivity index (χ3v) is 5.75. The average molecular weight is 500 g/mol. The lowest BCUT2D eigenvalue weighted by Gasteiger charge is -2.36. The van der Waals surface area contributed by atoms with Crippen LogP contribution in [0.5, 0.6) is 0 Å². The van der Waals surface area contributed by atoms with Crippen molar-refractivity contribution in [3.8, 4) is 0 Å². The van der Waals surface area contributed by atoms with Gasteiger partial charge in [-0.3, -0.25) is 9.69 Å². The van der Waals surface area contributed by atoms with Gasteiger partial charge in [0.15, 0.2) is 10.8 Å². The highest BCUT2D eigenvalue weighted by molar-refractivity contribution is 7.11. The molecule has 2 N–H and O–H groups in total. The normalized spacial score (nSPS) is 18.5. The number of ether oxygens (including phenoxy) is 1. The maximum atomic E-state index is 13.6. The minimum atomic E-state index is -4.69. The van der Waals surface area contributed by atoms with Crippen molar-refractivity contribution >= 4 is 29.1 Å². The fourth-order valence-corrected chi connectivity index (χ4v) is 4.19. The van der Waals surface area contributed by atoms with Gasteiger partial charge in [-0.25, -0.2) is 19.2 Å². The Kier molecular flexibility index (Phi) is 7.36. The number of rotatable bonds is 8. The number of esters is 1. The lowest BCUT2D eigenvalue weighted by Crippen LogP contribution is -2.47. The first kappa shape index (κ1) is 25.3. The molecule has 1 atom stereocenters. The minimum Gasteiger partial charge on any atom is -0.480 e. The van der Waals surface area contributed by atoms with Crippen LogP contribution >= 0.6 is 11.3 Å². The van der Waals surface area contributed by atoms with Crippen LogP contribution in [0.25, 0.3) is 0 Å². The van der Waals surface area contributed by atoms with E-state index in [0.29, 0.717) is 15.5 Å². The highest BCUT2D eigenvalue weighted by Gasteiger charge is 2.43. The van der Waals surface area contributed by atoms with Crippen molar-refractivity contribution in [1.29, 1.82) is 0 Å². The Labute approximate surface area is 195 Å². The molecular weight excluding hydrogens is 480 g/mol. The number of aromatic nitrogens is 1. The van der Waals surface area contributed by atoms with Crippen LogP contribution in [0.15, 0.2) is 52.1 Å². The quantitative estimate of drug-likeness (QED) is 0.424. The van der Waals surface area contributed by atoms with Gasteiger partial charge in [0.25, 0.3) is 0 Å². The fraction of sp³-hybridized carbons (Fsp3) is 0.333. The van der Waals surface area contributed by atoms with Gasteiger partial charge in [-0.2, -0.15) is 13.2 Å². The number of carboxylic acids is 1. The first-order valence-corrected chi connectivity index (χ1v) is 10.7. The number of aliphatic imine (C=N–C) groups is 1. The van der Waals surface area contributed by atoms with Crippen LogP contribution in [0.3, 0.4) is 0 Å². The molecule has 0 amide bonds. The summed E-state index contributed by atoms with van der Waals surface area (Å²) in [6, 6.07) is 5.12. The van der Waals surface area contributed by atoms with Gasteiger partial charge in [-0.05, 0) is 24.6 Å². The van der Waals surface area contributed by atoms with Gasteiger partial charge in [0, 0.05) is 23.8 Å². The molecule has 0 bridgehead atoms. The Bertz CT molecular complexity index is 1120. The number of nitrogens with zero attached hydrogens (tertiary/aromatic N) is 3. The number of carbonyl (C=O) groups excluding carboxylic acids is 1. The number of hydrogen-bond donors (Lipinski definition) is 2. The van der Waals surface area contributed by atoms with E-state index < -0.39 is 49.1 Å². The maximum absolute atomic E-state index is 13.6. The van der Waals surface area contributed by atoms with Crippen molar-refractivity contribution in [2.45, 2.75) is 18.6 Å². The van der Waals surface area contributed by atoms with Crippen LogP contribution in [0.1, 0.15) is 17.5 Å². The number of hydrogen-bond acceptors (Lipinski definition) is 8. The summed E-state index contributed by atoms with van der Waals surface area (Å²) in [4.78, 5) is 33.5. The molecule has 13 heteroatoms. The molecule has 0 spiro atoms. The molecule has 0 saturated carbocycles. The third-order valence-electron chi connectivity index (χ3n) is 4.97. The molecular formula is C21H20F4N4O4S. The van der Waals surface area contributed by atoms with Gasteiger partial charge in [-0.15, -0.1) is 11.3 Å². The van der Waals surface area contributed by atoms with Crippen LogP contribution < -0.4 is 5.32 Å². The molecule has 0 aliphatic carbocycles. The van der Waals surface area contributed by atoms with E-state index in [-0.39, 0.29) is 17.1 Å². The molecule has 0 radical (unpaired) electrons. The van der Waals surface area contributed by atoms with Crippen molar-refractivity contribution in [2.24, 2.45) is 4.99 Å². The summed E-state index contributed by atoms with van der Waals surface area (Å²) < 4.78 is 58.0. The first-order valence-electron chi connectivity index (χ1n) is 9.78. The van der Waals surface area contributed by atoms with E-state index in [4.69, 9.17) is 9.84 Å². The SMILES string of the molecule is COC(=O)C1=C(CN(CC(=O)O)CC(F)(F)F)NC(c2nccs2)=NC1(C)c1ccc(F)cc1. The average Bonchev–Trinajstić information content (AvgIpc) is 3.26. The van der Waals surface area contributed by atoms with Crippen molar-refractivity contribution in [3.63, 3.8) is 0 Å². The van der Waals surface area contributed by atoms with E-state index >= 15 is 0 Å². The van der Waals surface area contributed by atoms with Gasteiger partial charge < -0.3 is 15.2 Å². The minimum absolute atomic E-state index is 0.0376. The molecule has 0 fully saturated rings. The summed E-state index contributed by atoms with van der Waals surface area (Å²) in [5, 5.41) is 14.0. The molecule has 2 aromatic rings. The number of nitrogens with one attached hydrogen (secondary N) is 1. The van der Waals surface area contributed by atoms with Gasteiger partial charge in [0.1, 0.15) is 11.4 Å². The number of amidine groups is 1. The number of carbonyl (C=O) groups is 2. The largest absolute Gasteiger partial charge is 0.480 e. The van der Waals surface area contributed by atoms with Crippen molar-refractivity contribution in [1.82, 2.24) is 15.2 Å². The second kappa shape index (κ2) is 9.89. The standard InChI is InChI=1S/C21H20F4N4O4S/c1-20(12-3-5-13(22)6-4-12)16(19(32)33-2)14(27-17(28-20)18-26-7-8-34-18)9-29(10-15(30)31)11-21(23,24)25/h3-8H,9-11H2,1-2H3,(H,27,28)(H,30,31). The highest BCUT2D eigenvalue weighted by atomic mass is 32.1. The van der Waals surface area contributed by atoms with E-state index in [9.17, 15) is 27.2 Å². The van der Waals surface area contributed by atoms with Crippen LogP contribution in [0.2, 0.25) is 0 Å². The van der Waals surface area contributed by atoms with Crippen LogP contribution in [0.4, 0.5) is 17.6 Å². The van der Waals surface area contributed by atoms with E-state index in [1.54, 1.807) is 5.38 Å². The summed E-state index contributed by atoms with van der Waals surface area (Å²) in [7, 11) is 1.10. The Morgan fingerprint density at radius 3 is 2.47 bits per heavy atom. The third kappa shape index (κ3) is 5.78. The second-order valence-corrected chi connectivity index (χ2v) is 8.40. The first-order chi connectivity index (χ1) is 15.9. The zero-order chi connectivity index (χ0) is 25.1. The molecule has 2 heterocycles.